The summed E-state index contributed by atoms with van der Waals surface area (Å²) in [5.41, 5.74) is 3.01. The lowest BCUT2D eigenvalue weighted by Crippen LogP contribution is -2.24. The molecule has 3 aromatic rings. The Balaban J connectivity index is 1.60. The Morgan fingerprint density at radius 1 is 1.29 bits per heavy atom. The summed E-state index contributed by atoms with van der Waals surface area (Å²) in [7, 11) is 0. The number of tetrazole rings is 1. The number of fused-ring (bicyclic) bond motifs is 2. The van der Waals surface area contributed by atoms with Crippen molar-refractivity contribution in [3.63, 3.8) is 0 Å². The fourth-order valence-corrected chi connectivity index (χ4v) is 3.17. The van der Waals surface area contributed by atoms with Gasteiger partial charge >= 0.3 is 0 Å². The molecule has 1 aromatic carbocycles. The fourth-order valence-electron chi connectivity index (χ4n) is 3.17. The number of aromatic nitrogens is 5. The van der Waals surface area contributed by atoms with E-state index in [0.29, 0.717) is 5.65 Å². The Kier molecular flexibility index (Phi) is 3.37. The smallest absolute Gasteiger partial charge is 0.200 e. The maximum atomic E-state index is 5.96. The molecule has 0 fully saturated rings. The fraction of sp³-hybridized carbons (Fsp3) is 0.412. The number of ether oxygens (including phenoxy) is 1. The second-order valence-electron chi connectivity index (χ2n) is 6.76. The molecule has 0 spiro atoms. The minimum atomic E-state index is -0.122. The van der Waals surface area contributed by atoms with E-state index in [4.69, 9.17) is 4.74 Å². The second kappa shape index (κ2) is 5.43. The van der Waals surface area contributed by atoms with E-state index in [1.807, 2.05) is 12.1 Å². The Bertz CT molecular complexity index is 888. The number of benzene rings is 1. The monoisotopic (exact) mass is 324 g/mol. The van der Waals surface area contributed by atoms with Crippen LogP contribution < -0.4 is 10.1 Å². The molecule has 1 atom stereocenters. The molecule has 0 bridgehead atoms. The van der Waals surface area contributed by atoms with E-state index in [0.717, 1.165) is 24.4 Å². The van der Waals surface area contributed by atoms with Gasteiger partial charge in [0.25, 0.3) is 0 Å². The highest BCUT2D eigenvalue weighted by atomic mass is 16.5. The molecule has 1 aliphatic rings. The minimum Gasteiger partial charge on any atom is -0.487 e. The first-order chi connectivity index (χ1) is 11.5. The number of anilines is 1. The van der Waals surface area contributed by atoms with Gasteiger partial charge in [-0.15, -0.1) is 14.8 Å². The van der Waals surface area contributed by atoms with Crippen molar-refractivity contribution in [3.05, 3.63) is 41.5 Å². The molecule has 1 aliphatic heterocycles. The Morgan fingerprint density at radius 2 is 2.17 bits per heavy atom. The Morgan fingerprint density at radius 3 is 3.00 bits per heavy atom. The van der Waals surface area contributed by atoms with Gasteiger partial charge in [0.05, 0.1) is 6.04 Å². The van der Waals surface area contributed by atoms with Crippen LogP contribution in [0.4, 0.5) is 5.82 Å². The van der Waals surface area contributed by atoms with Crippen molar-refractivity contribution in [1.82, 2.24) is 25.3 Å². The third kappa shape index (κ3) is 2.66. The van der Waals surface area contributed by atoms with Gasteiger partial charge in [-0.2, -0.15) is 0 Å². The summed E-state index contributed by atoms with van der Waals surface area (Å²) < 4.78 is 7.39. The van der Waals surface area contributed by atoms with Crippen LogP contribution in [0.2, 0.25) is 0 Å². The Hall–Kier alpha value is -2.70. The molecule has 3 heterocycles. The quantitative estimate of drug-likeness (QED) is 0.795. The van der Waals surface area contributed by atoms with Crippen LogP contribution in [0, 0.1) is 0 Å². The van der Waals surface area contributed by atoms with Crippen LogP contribution in [0.15, 0.2) is 30.3 Å². The highest BCUT2D eigenvalue weighted by Gasteiger charge is 2.30. The molecule has 24 heavy (non-hydrogen) atoms. The van der Waals surface area contributed by atoms with Gasteiger partial charge in [0.2, 0.25) is 0 Å². The molecule has 0 radical (unpaired) electrons. The molecule has 1 N–H and O–H groups in total. The number of hydrogen-bond donors (Lipinski definition) is 1. The summed E-state index contributed by atoms with van der Waals surface area (Å²) >= 11 is 0. The molecule has 0 unspecified atom stereocenters. The van der Waals surface area contributed by atoms with Crippen molar-refractivity contribution in [2.24, 2.45) is 0 Å². The van der Waals surface area contributed by atoms with Crippen LogP contribution >= 0.6 is 0 Å². The average Bonchev–Trinajstić information content (AvgIpc) is 3.13. The lowest BCUT2D eigenvalue weighted by atomic mass is 9.97. The van der Waals surface area contributed by atoms with Gasteiger partial charge in [-0.3, -0.25) is 0 Å². The molecule has 2 aromatic heterocycles. The number of hydrogen-bond acceptors (Lipinski definition) is 6. The summed E-state index contributed by atoms with van der Waals surface area (Å²) in [6.45, 7) is 6.39. The largest absolute Gasteiger partial charge is 0.487 e. The van der Waals surface area contributed by atoms with E-state index in [2.05, 4.69) is 64.9 Å². The van der Waals surface area contributed by atoms with Crippen molar-refractivity contribution in [1.29, 1.82) is 0 Å². The zero-order chi connectivity index (χ0) is 16.7. The summed E-state index contributed by atoms with van der Waals surface area (Å²) in [6.07, 6.45) is 1.87. The van der Waals surface area contributed by atoms with E-state index in [9.17, 15) is 0 Å². The van der Waals surface area contributed by atoms with Gasteiger partial charge in [0.1, 0.15) is 17.2 Å². The molecule has 124 valence electrons. The van der Waals surface area contributed by atoms with Crippen molar-refractivity contribution < 1.29 is 4.74 Å². The highest BCUT2D eigenvalue weighted by molar-refractivity contribution is 5.47. The number of nitrogens with zero attached hydrogens (tertiary/aromatic N) is 5. The average molecular weight is 324 g/mol. The molecule has 0 saturated carbocycles. The van der Waals surface area contributed by atoms with Gasteiger partial charge in [0.15, 0.2) is 5.65 Å². The van der Waals surface area contributed by atoms with Crippen LogP contribution in [-0.2, 0) is 6.42 Å². The number of rotatable bonds is 4. The zero-order valence-electron chi connectivity index (χ0n) is 14.0. The molecule has 7 nitrogen and oxygen atoms in total. The third-order valence-electron chi connectivity index (χ3n) is 4.29. The number of nitrogens with one attached hydrogen (secondary N) is 1. The van der Waals surface area contributed by atoms with Crippen LogP contribution in [0.5, 0.6) is 5.75 Å². The summed E-state index contributed by atoms with van der Waals surface area (Å²) in [6, 6.07) is 10.3. The zero-order valence-corrected chi connectivity index (χ0v) is 14.0. The van der Waals surface area contributed by atoms with Crippen molar-refractivity contribution in [2.45, 2.75) is 45.3 Å². The topological polar surface area (TPSA) is 77.2 Å². The molecule has 0 saturated heterocycles. The highest BCUT2D eigenvalue weighted by Crippen LogP contribution is 2.37. The molecular weight excluding hydrogens is 304 g/mol. The van der Waals surface area contributed by atoms with E-state index < -0.39 is 0 Å². The first-order valence-corrected chi connectivity index (χ1v) is 8.18. The van der Waals surface area contributed by atoms with Crippen molar-refractivity contribution >= 4 is 11.5 Å². The van der Waals surface area contributed by atoms with Crippen LogP contribution in [0.1, 0.15) is 44.4 Å². The summed E-state index contributed by atoms with van der Waals surface area (Å²) in [5.74, 6) is 1.74. The second-order valence-corrected chi connectivity index (χ2v) is 6.76. The minimum absolute atomic E-state index is 0.122. The molecule has 4 rings (SSSR count). The predicted octanol–water partition coefficient (Wildman–Crippen LogP) is 2.80. The molecule has 7 heteroatoms. The van der Waals surface area contributed by atoms with Crippen LogP contribution in [0.3, 0.4) is 0 Å². The van der Waals surface area contributed by atoms with Gasteiger partial charge < -0.3 is 10.1 Å². The normalized spacial score (nSPS) is 16.6. The van der Waals surface area contributed by atoms with E-state index >= 15 is 0 Å². The first-order valence-electron chi connectivity index (χ1n) is 8.18. The van der Waals surface area contributed by atoms with Crippen LogP contribution in [-0.4, -0.2) is 30.9 Å². The van der Waals surface area contributed by atoms with E-state index in [1.54, 1.807) is 0 Å². The lowest BCUT2D eigenvalue weighted by molar-refractivity contribution is 0.138. The maximum absolute atomic E-state index is 5.96. The van der Waals surface area contributed by atoms with Gasteiger partial charge in [-0.25, -0.2) is 0 Å². The molecule has 0 amide bonds. The van der Waals surface area contributed by atoms with E-state index in [-0.39, 0.29) is 11.6 Å². The predicted molar refractivity (Wildman–Crippen MR) is 90.1 cm³/mol. The van der Waals surface area contributed by atoms with Gasteiger partial charge in [-0.1, -0.05) is 13.0 Å². The SMILES string of the molecule is CC[C@H](Nc1ccc2nnnn2n1)c1ccc2c(c1)CC(C)(C)O2. The first kappa shape index (κ1) is 14.9. The molecular formula is C17H20N6O. The Labute approximate surface area is 140 Å². The standard InChI is InChI=1S/C17H20N6O/c1-4-13(18-15-7-8-16-19-21-22-23(16)20-15)11-5-6-14-12(9-11)10-17(2,3)24-14/h5-9,13H,4,10H2,1-3H3,(H,18,20)/t13-/m0/s1. The molecule has 0 aliphatic carbocycles. The van der Waals surface area contributed by atoms with Crippen molar-refractivity contribution in [2.75, 3.05) is 5.32 Å². The summed E-state index contributed by atoms with van der Waals surface area (Å²) in [4.78, 5) is 0. The van der Waals surface area contributed by atoms with Crippen molar-refractivity contribution in [3.8, 4) is 5.75 Å². The maximum Gasteiger partial charge on any atom is 0.200 e. The lowest BCUT2D eigenvalue weighted by Gasteiger charge is -2.18. The van der Waals surface area contributed by atoms with Gasteiger partial charge in [0, 0.05) is 6.42 Å². The van der Waals surface area contributed by atoms with Gasteiger partial charge in [-0.05, 0) is 66.1 Å². The van der Waals surface area contributed by atoms with E-state index in [1.165, 1.54) is 15.8 Å². The third-order valence-corrected chi connectivity index (χ3v) is 4.29. The van der Waals surface area contributed by atoms with Crippen LogP contribution in [0.25, 0.3) is 5.65 Å². The summed E-state index contributed by atoms with van der Waals surface area (Å²) in [5, 5.41) is 19.2.